The van der Waals surface area contributed by atoms with Crippen molar-refractivity contribution in [3.8, 4) is 0 Å². The monoisotopic (exact) mass is 685 g/mol. The third kappa shape index (κ3) is 6.83. The predicted molar refractivity (Wildman–Crippen MR) is 183 cm³/mol. The summed E-state index contributed by atoms with van der Waals surface area (Å²) < 4.78 is 5.39. The van der Waals surface area contributed by atoms with E-state index in [1.807, 2.05) is 17.8 Å². The minimum atomic E-state index is -1.48. The fraction of sp³-hybridized carbons (Fsp3) is 0.811. The zero-order valence-corrected chi connectivity index (χ0v) is 29.6. The number of aliphatic hydroxyl groups is 1. The van der Waals surface area contributed by atoms with Gasteiger partial charge in [0, 0.05) is 42.2 Å². The normalized spacial score (nSPS) is 38.1. The summed E-state index contributed by atoms with van der Waals surface area (Å²) in [6.07, 6.45) is 13.9. The van der Waals surface area contributed by atoms with Crippen molar-refractivity contribution in [2.75, 3.05) is 18.9 Å². The second kappa shape index (κ2) is 14.4. The molecule has 0 radical (unpaired) electrons. The molecule has 0 aromatic heterocycles. The molecule has 266 valence electrons. The highest BCUT2D eigenvalue weighted by Crippen LogP contribution is 2.67. The highest BCUT2D eigenvalue weighted by atomic mass is 32.2. The summed E-state index contributed by atoms with van der Waals surface area (Å²) in [7, 11) is 0. The number of fused-ring (bicyclic) bond motifs is 6. The smallest absolute Gasteiger partial charge is 0.315 e. The van der Waals surface area contributed by atoms with Crippen LogP contribution in [-0.2, 0) is 23.9 Å². The van der Waals surface area contributed by atoms with Gasteiger partial charge < -0.3 is 25.8 Å². The van der Waals surface area contributed by atoms with Crippen molar-refractivity contribution in [1.82, 2.24) is 16.0 Å². The van der Waals surface area contributed by atoms with Gasteiger partial charge in [0.2, 0.25) is 11.7 Å². The number of rotatable bonds is 14. The molecule has 6 aliphatic rings. The first kappa shape index (κ1) is 35.4. The number of carbonyl (C=O) groups is 5. The molecule has 5 fully saturated rings. The van der Waals surface area contributed by atoms with Crippen molar-refractivity contribution in [3.63, 3.8) is 0 Å². The quantitative estimate of drug-likeness (QED) is 0.116. The van der Waals surface area contributed by atoms with Crippen LogP contribution >= 0.6 is 11.8 Å². The van der Waals surface area contributed by atoms with E-state index in [1.165, 1.54) is 5.57 Å². The van der Waals surface area contributed by atoms with Gasteiger partial charge in [-0.25, -0.2) is 4.79 Å². The Morgan fingerprint density at radius 1 is 0.958 bits per heavy atom. The lowest BCUT2D eigenvalue weighted by Gasteiger charge is -2.58. The highest BCUT2D eigenvalue weighted by molar-refractivity contribution is 8.00. The Labute approximate surface area is 289 Å². The maximum atomic E-state index is 13.5. The molecular weight excluding hydrogens is 630 g/mol. The van der Waals surface area contributed by atoms with Crippen LogP contribution in [0.2, 0.25) is 0 Å². The van der Waals surface area contributed by atoms with Crippen LogP contribution in [0.5, 0.6) is 0 Å². The van der Waals surface area contributed by atoms with Gasteiger partial charge in [-0.1, -0.05) is 32.3 Å². The van der Waals surface area contributed by atoms with E-state index >= 15 is 0 Å². The predicted octanol–water partition coefficient (Wildman–Crippen LogP) is 4.76. The first-order chi connectivity index (χ1) is 22.9. The average Bonchev–Trinajstić information content (AvgIpc) is 3.70. The fourth-order valence-electron chi connectivity index (χ4n) is 10.5. The van der Waals surface area contributed by atoms with Crippen molar-refractivity contribution in [1.29, 1.82) is 0 Å². The minimum absolute atomic E-state index is 0.0404. The Kier molecular flexibility index (Phi) is 10.7. The number of thioether (sulfide) groups is 1. The fourth-order valence-corrected chi connectivity index (χ4v) is 12.1. The zero-order valence-electron chi connectivity index (χ0n) is 28.8. The van der Waals surface area contributed by atoms with Crippen LogP contribution in [0.4, 0.5) is 4.79 Å². The molecule has 0 aromatic rings. The number of esters is 1. The van der Waals surface area contributed by atoms with Gasteiger partial charge in [-0.15, -0.1) is 0 Å². The minimum Gasteiger partial charge on any atom is -0.458 e. The molecule has 0 bridgehead atoms. The summed E-state index contributed by atoms with van der Waals surface area (Å²) in [6, 6.07) is 0.358. The molecule has 3 saturated carbocycles. The number of ketones is 2. The van der Waals surface area contributed by atoms with Crippen molar-refractivity contribution in [3.05, 3.63) is 11.6 Å². The summed E-state index contributed by atoms with van der Waals surface area (Å²) in [5.41, 5.74) is -0.665. The van der Waals surface area contributed by atoms with Gasteiger partial charge in [-0.2, -0.15) is 11.8 Å². The highest BCUT2D eigenvalue weighted by Gasteiger charge is 2.66. The zero-order chi connectivity index (χ0) is 34.1. The van der Waals surface area contributed by atoms with E-state index in [0.29, 0.717) is 49.3 Å². The standard InChI is InChI=1S/C37H55N3O7S/c1-35-16-13-24(41)20-23(35)11-12-25-26(35)14-17-36(2)27(25)15-18-37(36,46)30(42)21-47-32(44)10-4-3-7-19-38-31(43)9-6-5-8-29-33-28(22-48-29)39-34(45)40-33/h20,25-29,33,46H,3-19,21-22H2,1-2H3,(H,38,43)(H2,39,40,45)/t25-,26+,27+,28-,29-,33-,35+,36+,37+/m1/s1. The molecule has 9 atom stereocenters. The number of nitrogens with one attached hydrogen (secondary N) is 3. The van der Waals surface area contributed by atoms with Gasteiger partial charge in [-0.05, 0) is 99.9 Å². The van der Waals surface area contributed by atoms with Gasteiger partial charge >= 0.3 is 12.0 Å². The number of unbranched alkanes of at least 4 members (excludes halogenated alkanes) is 3. The Morgan fingerprint density at radius 2 is 1.75 bits per heavy atom. The van der Waals surface area contributed by atoms with Gasteiger partial charge in [0.15, 0.2) is 12.4 Å². The van der Waals surface area contributed by atoms with E-state index in [2.05, 4.69) is 29.8 Å². The first-order valence-electron chi connectivity index (χ1n) is 18.6. The van der Waals surface area contributed by atoms with E-state index in [4.69, 9.17) is 4.74 Å². The molecule has 0 aromatic carbocycles. The SMILES string of the molecule is C[C@]12CCC(=O)C=C1CC[C@@H]1[C@@H]2CC[C@@]2(C)[C@H]1CC[C@]2(O)C(=O)COC(=O)CCCCCNC(=O)CCCC[C@H]1SC[C@H]2NC(=O)N[C@H]21. The topological polar surface area (TPSA) is 151 Å². The molecule has 2 heterocycles. The number of allylic oxidation sites excluding steroid dienone is 1. The number of urea groups is 1. The third-order valence-electron chi connectivity index (χ3n) is 13.4. The molecule has 10 nitrogen and oxygen atoms in total. The number of hydrogen-bond acceptors (Lipinski definition) is 8. The average molecular weight is 686 g/mol. The summed E-state index contributed by atoms with van der Waals surface area (Å²) in [6.45, 7) is 4.59. The summed E-state index contributed by atoms with van der Waals surface area (Å²) in [5.74, 6) is 1.58. The van der Waals surface area contributed by atoms with Crippen molar-refractivity contribution < 1.29 is 33.8 Å². The van der Waals surface area contributed by atoms with Gasteiger partial charge in [0.05, 0.1) is 12.1 Å². The van der Waals surface area contributed by atoms with Gasteiger partial charge in [0.25, 0.3) is 0 Å². The second-order valence-electron chi connectivity index (χ2n) is 15.9. The Hall–Kier alpha value is -2.40. The lowest BCUT2D eigenvalue weighted by atomic mass is 9.46. The number of carbonyl (C=O) groups excluding carboxylic acids is 5. The van der Waals surface area contributed by atoms with Gasteiger partial charge in [-0.3, -0.25) is 19.2 Å². The van der Waals surface area contributed by atoms with Crippen LogP contribution in [-0.4, -0.2) is 76.4 Å². The van der Waals surface area contributed by atoms with E-state index < -0.39 is 17.0 Å². The van der Waals surface area contributed by atoms with Crippen LogP contribution in [0.15, 0.2) is 11.6 Å². The summed E-state index contributed by atoms with van der Waals surface area (Å²) >= 11 is 1.89. The van der Waals surface area contributed by atoms with Crippen LogP contribution in [0.25, 0.3) is 0 Å². The van der Waals surface area contributed by atoms with Crippen LogP contribution < -0.4 is 16.0 Å². The van der Waals surface area contributed by atoms with Gasteiger partial charge in [0.1, 0.15) is 5.60 Å². The maximum absolute atomic E-state index is 13.5. The van der Waals surface area contributed by atoms with Crippen molar-refractivity contribution in [2.24, 2.45) is 28.6 Å². The maximum Gasteiger partial charge on any atom is 0.315 e. The summed E-state index contributed by atoms with van der Waals surface area (Å²) in [5, 5.41) is 21.2. The summed E-state index contributed by atoms with van der Waals surface area (Å²) in [4.78, 5) is 61.9. The largest absolute Gasteiger partial charge is 0.458 e. The number of Topliss-reactive ketones (excluding diaryl/α,β-unsaturated/α-hetero) is 1. The number of ether oxygens (including phenoxy) is 1. The third-order valence-corrected chi connectivity index (χ3v) is 14.9. The van der Waals surface area contributed by atoms with E-state index in [9.17, 15) is 29.1 Å². The second-order valence-corrected chi connectivity index (χ2v) is 17.2. The molecule has 6 rings (SSSR count). The van der Waals surface area contributed by atoms with E-state index in [1.54, 1.807) is 0 Å². The molecule has 2 aliphatic heterocycles. The number of amides is 3. The Bertz CT molecular complexity index is 1320. The van der Waals surface area contributed by atoms with E-state index in [0.717, 1.165) is 76.4 Å². The molecule has 4 aliphatic carbocycles. The van der Waals surface area contributed by atoms with Crippen molar-refractivity contribution in [2.45, 2.75) is 140 Å². The van der Waals surface area contributed by atoms with Crippen LogP contribution in [0.3, 0.4) is 0 Å². The van der Waals surface area contributed by atoms with Crippen molar-refractivity contribution >= 4 is 41.2 Å². The number of hydrogen-bond donors (Lipinski definition) is 4. The molecule has 4 N–H and O–H groups in total. The van der Waals surface area contributed by atoms with Crippen LogP contribution in [0, 0.1) is 28.6 Å². The lowest BCUT2D eigenvalue weighted by molar-refractivity contribution is -0.170. The molecule has 3 amide bonds. The molecule has 48 heavy (non-hydrogen) atoms. The molecule has 0 unspecified atom stereocenters. The molecule has 11 heteroatoms. The van der Waals surface area contributed by atoms with E-state index in [-0.39, 0.29) is 59.9 Å². The lowest BCUT2D eigenvalue weighted by Crippen LogP contribution is -2.58. The first-order valence-corrected chi connectivity index (χ1v) is 19.6. The molecule has 2 saturated heterocycles. The molecular formula is C37H55N3O7S. The molecule has 0 spiro atoms. The van der Waals surface area contributed by atoms with Crippen LogP contribution in [0.1, 0.15) is 117 Å². The Morgan fingerprint density at radius 3 is 2.58 bits per heavy atom. The Balaban J connectivity index is 0.847.